The number of fused-ring (bicyclic) bond motifs is 1. The summed E-state index contributed by atoms with van der Waals surface area (Å²) in [5.74, 6) is 0.469. The second kappa shape index (κ2) is 7.82. The number of nitro benzene ring substituents is 1. The normalized spacial score (nSPS) is 15.1. The average molecular weight is 404 g/mol. The number of amides is 1. The molecule has 0 unspecified atom stereocenters. The lowest BCUT2D eigenvalue weighted by atomic mass is 10.1. The Morgan fingerprint density at radius 1 is 1.20 bits per heavy atom. The number of anilines is 2. The molecule has 0 bridgehead atoms. The van der Waals surface area contributed by atoms with E-state index in [9.17, 15) is 14.9 Å². The molecule has 2 heterocycles. The highest BCUT2D eigenvalue weighted by Crippen LogP contribution is 2.39. The van der Waals surface area contributed by atoms with Crippen LogP contribution in [0.15, 0.2) is 60.8 Å². The number of ether oxygens (including phenoxy) is 1. The van der Waals surface area contributed by atoms with Crippen molar-refractivity contribution in [1.82, 2.24) is 4.98 Å². The number of hydrogen-bond donors (Lipinski definition) is 1. The van der Waals surface area contributed by atoms with Crippen molar-refractivity contribution in [3.8, 4) is 5.75 Å². The molecule has 1 aromatic heterocycles. The fourth-order valence-corrected chi connectivity index (χ4v) is 3.52. The fraction of sp³-hybridized carbons (Fsp3) is 0.182. The fourth-order valence-electron chi connectivity index (χ4n) is 3.52. The number of aromatic nitrogens is 1. The molecular formula is C22H20N4O4. The van der Waals surface area contributed by atoms with Gasteiger partial charge in [0, 0.05) is 18.0 Å². The molecule has 3 aromatic rings. The van der Waals surface area contributed by atoms with Gasteiger partial charge in [0.05, 0.1) is 22.8 Å². The average Bonchev–Trinajstić information content (AvgIpc) is 3.02. The summed E-state index contributed by atoms with van der Waals surface area (Å²) in [6, 6.07) is 15.5. The van der Waals surface area contributed by atoms with Gasteiger partial charge >= 0.3 is 0 Å². The Hall–Kier alpha value is -3.94. The molecule has 1 atom stereocenters. The van der Waals surface area contributed by atoms with Gasteiger partial charge in [-0.25, -0.2) is 0 Å². The second-order valence-corrected chi connectivity index (χ2v) is 6.86. The number of nitrogens with one attached hydrogen (secondary N) is 1. The van der Waals surface area contributed by atoms with E-state index in [-0.39, 0.29) is 11.6 Å². The second-order valence-electron chi connectivity index (χ2n) is 6.86. The summed E-state index contributed by atoms with van der Waals surface area (Å²) in [5.41, 5.74) is 2.64. The van der Waals surface area contributed by atoms with Gasteiger partial charge in [0.25, 0.3) is 11.6 Å². The third kappa shape index (κ3) is 3.43. The van der Waals surface area contributed by atoms with Crippen LogP contribution in [0.25, 0.3) is 0 Å². The number of hydrogen-bond acceptors (Lipinski definition) is 6. The van der Waals surface area contributed by atoms with Crippen LogP contribution >= 0.6 is 0 Å². The zero-order chi connectivity index (χ0) is 21.3. The lowest BCUT2D eigenvalue weighted by molar-refractivity contribution is -0.384. The number of aryl methyl sites for hydroxylation is 1. The van der Waals surface area contributed by atoms with Crippen LogP contribution in [0.5, 0.6) is 5.75 Å². The monoisotopic (exact) mass is 404 g/mol. The third-order valence-corrected chi connectivity index (χ3v) is 4.87. The van der Waals surface area contributed by atoms with E-state index in [1.165, 1.54) is 6.07 Å². The van der Waals surface area contributed by atoms with Gasteiger partial charge in [-0.1, -0.05) is 6.07 Å². The molecule has 0 saturated carbocycles. The minimum Gasteiger partial charge on any atom is -0.494 e. The Morgan fingerprint density at radius 2 is 1.97 bits per heavy atom. The van der Waals surface area contributed by atoms with Crippen molar-refractivity contribution in [3.05, 3.63) is 87.7 Å². The van der Waals surface area contributed by atoms with Crippen molar-refractivity contribution in [1.29, 1.82) is 0 Å². The predicted molar refractivity (Wildman–Crippen MR) is 113 cm³/mol. The predicted octanol–water partition coefficient (Wildman–Crippen LogP) is 4.47. The van der Waals surface area contributed by atoms with Gasteiger partial charge in [0.15, 0.2) is 6.17 Å². The minimum atomic E-state index is -0.687. The number of carbonyl (C=O) groups is 1. The van der Waals surface area contributed by atoms with Crippen LogP contribution < -0.4 is 15.0 Å². The van der Waals surface area contributed by atoms with Gasteiger partial charge in [-0.2, -0.15) is 0 Å². The topological polar surface area (TPSA) is 97.6 Å². The summed E-state index contributed by atoms with van der Waals surface area (Å²) in [6.45, 7) is 4.23. The van der Waals surface area contributed by atoms with E-state index in [1.807, 2.05) is 6.92 Å². The summed E-state index contributed by atoms with van der Waals surface area (Å²) in [7, 11) is 0. The molecule has 2 aromatic carbocycles. The van der Waals surface area contributed by atoms with Crippen LogP contribution in [0.1, 0.15) is 34.7 Å². The van der Waals surface area contributed by atoms with E-state index in [4.69, 9.17) is 4.74 Å². The summed E-state index contributed by atoms with van der Waals surface area (Å²) < 4.78 is 5.48. The van der Waals surface area contributed by atoms with Gasteiger partial charge in [-0.15, -0.1) is 0 Å². The first-order valence-corrected chi connectivity index (χ1v) is 9.52. The van der Waals surface area contributed by atoms with Crippen LogP contribution in [0.3, 0.4) is 0 Å². The van der Waals surface area contributed by atoms with Crippen molar-refractivity contribution in [2.75, 3.05) is 16.8 Å². The molecule has 1 aliphatic rings. The first-order chi connectivity index (χ1) is 14.5. The maximum atomic E-state index is 13.2. The molecule has 1 amide bonds. The molecule has 4 rings (SSSR count). The van der Waals surface area contributed by atoms with Crippen LogP contribution in [0, 0.1) is 17.0 Å². The van der Waals surface area contributed by atoms with Crippen LogP contribution in [-0.2, 0) is 0 Å². The van der Waals surface area contributed by atoms with Gasteiger partial charge in [-0.3, -0.25) is 24.8 Å². The number of nitro groups is 1. The van der Waals surface area contributed by atoms with Crippen molar-refractivity contribution >= 4 is 23.0 Å². The lowest BCUT2D eigenvalue weighted by Crippen LogP contribution is -2.32. The van der Waals surface area contributed by atoms with Crippen molar-refractivity contribution < 1.29 is 14.5 Å². The molecule has 0 fully saturated rings. The highest BCUT2D eigenvalue weighted by Gasteiger charge is 2.39. The first-order valence-electron chi connectivity index (χ1n) is 9.52. The summed E-state index contributed by atoms with van der Waals surface area (Å²) in [4.78, 5) is 30.2. The highest BCUT2D eigenvalue weighted by molar-refractivity contribution is 6.11. The van der Waals surface area contributed by atoms with E-state index in [1.54, 1.807) is 66.6 Å². The Labute approximate surface area is 173 Å². The van der Waals surface area contributed by atoms with E-state index >= 15 is 0 Å². The van der Waals surface area contributed by atoms with Crippen molar-refractivity contribution in [3.63, 3.8) is 0 Å². The molecule has 0 spiro atoms. The molecule has 1 aliphatic heterocycles. The van der Waals surface area contributed by atoms with E-state index < -0.39 is 11.1 Å². The Kier molecular flexibility index (Phi) is 5.05. The van der Waals surface area contributed by atoms with Crippen molar-refractivity contribution in [2.24, 2.45) is 0 Å². The van der Waals surface area contributed by atoms with E-state index in [0.29, 0.717) is 35.0 Å². The smallest absolute Gasteiger partial charge is 0.292 e. The summed E-state index contributed by atoms with van der Waals surface area (Å²) >= 11 is 0. The number of benzene rings is 2. The molecular weight excluding hydrogens is 384 g/mol. The van der Waals surface area contributed by atoms with Crippen molar-refractivity contribution in [2.45, 2.75) is 20.0 Å². The standard InChI is InChI=1S/C22H20N4O4/c1-3-30-16-9-7-15(8-10-16)25-21(20-17(22(25)27)5-4-12-23-20)24-18-11-6-14(2)13-19(18)26(28)29/h4-13,21,24H,3H2,1-2H3/t21-/m0/s1. The number of carbonyl (C=O) groups excluding carboxylic acids is 1. The quantitative estimate of drug-likeness (QED) is 0.481. The molecule has 152 valence electrons. The Bertz CT molecular complexity index is 1110. The van der Waals surface area contributed by atoms with E-state index in [2.05, 4.69) is 10.3 Å². The number of pyridine rings is 1. The molecule has 0 aliphatic carbocycles. The highest BCUT2D eigenvalue weighted by atomic mass is 16.6. The van der Waals surface area contributed by atoms with Crippen LogP contribution in [0.2, 0.25) is 0 Å². The van der Waals surface area contributed by atoms with Crippen LogP contribution in [-0.4, -0.2) is 22.4 Å². The molecule has 0 saturated heterocycles. The van der Waals surface area contributed by atoms with Gasteiger partial charge < -0.3 is 10.1 Å². The molecule has 8 heteroatoms. The van der Waals surface area contributed by atoms with Crippen LogP contribution in [0.4, 0.5) is 17.1 Å². The number of nitrogens with zero attached hydrogens (tertiary/aromatic N) is 3. The van der Waals surface area contributed by atoms with Gasteiger partial charge in [0.1, 0.15) is 11.4 Å². The zero-order valence-corrected chi connectivity index (χ0v) is 16.5. The SMILES string of the molecule is CCOc1ccc(N2C(=O)c3cccnc3[C@H]2Nc2ccc(C)cc2[N+](=O)[O-])cc1. The molecule has 1 N–H and O–H groups in total. The summed E-state index contributed by atoms with van der Waals surface area (Å²) in [6.07, 6.45) is 0.916. The maximum absolute atomic E-state index is 13.2. The molecule has 30 heavy (non-hydrogen) atoms. The number of rotatable bonds is 6. The summed E-state index contributed by atoms with van der Waals surface area (Å²) in [5, 5.41) is 14.7. The zero-order valence-electron chi connectivity index (χ0n) is 16.5. The van der Waals surface area contributed by atoms with Gasteiger partial charge in [0.2, 0.25) is 0 Å². The lowest BCUT2D eigenvalue weighted by Gasteiger charge is -2.26. The van der Waals surface area contributed by atoms with E-state index in [0.717, 1.165) is 5.56 Å². The molecule has 0 radical (unpaired) electrons. The Morgan fingerprint density at radius 3 is 2.67 bits per heavy atom. The van der Waals surface area contributed by atoms with Gasteiger partial charge in [-0.05, 0) is 61.9 Å². The largest absolute Gasteiger partial charge is 0.494 e. The minimum absolute atomic E-state index is 0.0570. The first kappa shape index (κ1) is 19.4. The Balaban J connectivity index is 1.77. The third-order valence-electron chi connectivity index (χ3n) is 4.87. The maximum Gasteiger partial charge on any atom is 0.292 e. The molecule has 8 nitrogen and oxygen atoms in total.